The zero-order valence-electron chi connectivity index (χ0n) is 12.4. The van der Waals surface area contributed by atoms with Gasteiger partial charge < -0.3 is 10.1 Å². The van der Waals surface area contributed by atoms with Gasteiger partial charge in [0.05, 0.1) is 0 Å². The third kappa shape index (κ3) is 3.06. The van der Waals surface area contributed by atoms with Gasteiger partial charge in [0, 0.05) is 31.0 Å². The molecule has 0 spiro atoms. The molecule has 0 heterocycles. The van der Waals surface area contributed by atoms with Gasteiger partial charge in [-0.3, -0.25) is 4.79 Å². The summed E-state index contributed by atoms with van der Waals surface area (Å²) < 4.78 is 5.37. The first kappa shape index (κ1) is 14.8. The summed E-state index contributed by atoms with van der Waals surface area (Å²) in [5.41, 5.74) is 0.291. The van der Waals surface area contributed by atoms with Gasteiger partial charge >= 0.3 is 0 Å². The van der Waals surface area contributed by atoms with Crippen LogP contribution in [-0.2, 0) is 9.53 Å². The van der Waals surface area contributed by atoms with Crippen LogP contribution >= 0.6 is 15.9 Å². The van der Waals surface area contributed by atoms with Crippen molar-refractivity contribution in [1.29, 1.82) is 0 Å². The normalized spacial score (nSPS) is 41.9. The van der Waals surface area contributed by atoms with E-state index in [1.165, 1.54) is 38.5 Å². The highest BCUT2D eigenvalue weighted by Gasteiger charge is 2.57. The molecule has 0 aliphatic heterocycles. The first-order chi connectivity index (χ1) is 9.53. The van der Waals surface area contributed by atoms with E-state index in [0.717, 1.165) is 37.8 Å². The highest BCUT2D eigenvalue weighted by Crippen LogP contribution is 2.65. The third-order valence-electron chi connectivity index (χ3n) is 5.49. The molecule has 114 valence electrons. The fourth-order valence-corrected chi connectivity index (χ4v) is 6.90. The number of hydrogen-bond donors (Lipinski definition) is 1. The zero-order chi connectivity index (χ0) is 14.2. The minimum absolute atomic E-state index is 0.249. The lowest BCUT2D eigenvalue weighted by Crippen LogP contribution is -2.54. The molecule has 0 radical (unpaired) electrons. The summed E-state index contributed by atoms with van der Waals surface area (Å²) in [6.07, 6.45) is 9.48. The van der Waals surface area contributed by atoms with Crippen molar-refractivity contribution in [3.05, 3.63) is 0 Å². The van der Waals surface area contributed by atoms with Crippen LogP contribution in [0.3, 0.4) is 0 Å². The molecular weight excluding hydrogens is 318 g/mol. The Morgan fingerprint density at radius 1 is 1.30 bits per heavy atom. The van der Waals surface area contributed by atoms with Crippen LogP contribution in [0.5, 0.6) is 0 Å². The van der Waals surface area contributed by atoms with Crippen LogP contribution in [0.1, 0.15) is 51.4 Å². The van der Waals surface area contributed by atoms with Gasteiger partial charge in [-0.05, 0) is 62.2 Å². The molecule has 2 atom stereocenters. The molecule has 2 unspecified atom stereocenters. The van der Waals surface area contributed by atoms with E-state index in [4.69, 9.17) is 4.74 Å². The second kappa shape index (κ2) is 5.60. The maximum absolute atomic E-state index is 12.2. The Hall–Kier alpha value is -0.0900. The topological polar surface area (TPSA) is 38.3 Å². The van der Waals surface area contributed by atoms with Gasteiger partial charge in [0.1, 0.15) is 0 Å². The first-order valence-corrected chi connectivity index (χ1v) is 8.76. The molecule has 4 heteroatoms. The maximum atomic E-state index is 12.2. The summed E-state index contributed by atoms with van der Waals surface area (Å²) in [7, 11) is 1.70. The lowest BCUT2D eigenvalue weighted by Gasteiger charge is -2.60. The second-order valence-corrected chi connectivity index (χ2v) is 9.17. The quantitative estimate of drug-likeness (QED) is 0.593. The van der Waals surface area contributed by atoms with Crippen LogP contribution in [0, 0.1) is 17.3 Å². The average Bonchev–Trinajstić information content (AvgIpc) is 2.30. The summed E-state index contributed by atoms with van der Waals surface area (Å²) in [5, 5.41) is 3.07. The summed E-state index contributed by atoms with van der Waals surface area (Å²) >= 11 is 4.01. The number of ether oxygens (including phenoxy) is 1. The van der Waals surface area contributed by atoms with Crippen molar-refractivity contribution in [2.75, 3.05) is 20.3 Å². The van der Waals surface area contributed by atoms with E-state index in [1.807, 2.05) is 0 Å². The van der Waals surface area contributed by atoms with E-state index in [9.17, 15) is 4.79 Å². The molecule has 0 aromatic heterocycles. The first-order valence-electron chi connectivity index (χ1n) is 7.97. The lowest BCUT2D eigenvalue weighted by molar-refractivity contribution is -0.128. The van der Waals surface area contributed by atoms with Gasteiger partial charge in [-0.1, -0.05) is 15.9 Å². The maximum Gasteiger partial charge on any atom is 0.220 e. The number of nitrogens with one attached hydrogen (secondary N) is 1. The van der Waals surface area contributed by atoms with E-state index < -0.39 is 0 Å². The van der Waals surface area contributed by atoms with E-state index in [2.05, 4.69) is 21.2 Å². The average molecular weight is 344 g/mol. The molecule has 1 N–H and O–H groups in total. The van der Waals surface area contributed by atoms with Gasteiger partial charge in [-0.25, -0.2) is 0 Å². The minimum Gasteiger partial charge on any atom is -0.385 e. The standard InChI is InChI=1S/C16H26BrNO2/c1-20-4-2-3-18-14(19)10-15-6-12-5-13(7-15)9-16(17,8-12)11-15/h12-13H,2-11H2,1H3,(H,18,19). The Kier molecular flexibility index (Phi) is 4.15. The van der Waals surface area contributed by atoms with E-state index in [-0.39, 0.29) is 5.91 Å². The van der Waals surface area contributed by atoms with Gasteiger partial charge in [0.15, 0.2) is 0 Å². The number of carbonyl (C=O) groups is 1. The van der Waals surface area contributed by atoms with Crippen molar-refractivity contribution < 1.29 is 9.53 Å². The predicted molar refractivity (Wildman–Crippen MR) is 82.9 cm³/mol. The molecule has 0 aromatic rings. The van der Waals surface area contributed by atoms with Crippen LogP contribution in [0.2, 0.25) is 0 Å². The molecular formula is C16H26BrNO2. The van der Waals surface area contributed by atoms with Crippen molar-refractivity contribution in [2.45, 2.75) is 55.7 Å². The summed E-state index contributed by atoms with van der Waals surface area (Å²) in [4.78, 5) is 12.2. The molecule has 4 aliphatic carbocycles. The van der Waals surface area contributed by atoms with Crippen LogP contribution in [0.4, 0.5) is 0 Å². The fraction of sp³-hybridized carbons (Fsp3) is 0.938. The molecule has 3 nitrogen and oxygen atoms in total. The highest BCUT2D eigenvalue weighted by atomic mass is 79.9. The fourth-order valence-electron chi connectivity index (χ4n) is 5.39. The van der Waals surface area contributed by atoms with E-state index in [0.29, 0.717) is 9.74 Å². The van der Waals surface area contributed by atoms with Crippen molar-refractivity contribution in [3.63, 3.8) is 0 Å². The molecule has 4 saturated carbocycles. The van der Waals surface area contributed by atoms with Gasteiger partial charge in [0.2, 0.25) is 5.91 Å². The molecule has 4 rings (SSSR count). The van der Waals surface area contributed by atoms with Crippen LogP contribution < -0.4 is 5.32 Å². The van der Waals surface area contributed by atoms with E-state index >= 15 is 0 Å². The summed E-state index contributed by atoms with van der Waals surface area (Å²) in [6.45, 7) is 1.47. The Bertz CT molecular complexity index is 371. The number of carbonyl (C=O) groups excluding carboxylic acids is 1. The van der Waals surface area contributed by atoms with Crippen molar-refractivity contribution in [2.24, 2.45) is 17.3 Å². The van der Waals surface area contributed by atoms with Crippen LogP contribution in [0.25, 0.3) is 0 Å². The number of hydrogen-bond acceptors (Lipinski definition) is 2. The third-order valence-corrected chi connectivity index (χ3v) is 6.42. The lowest BCUT2D eigenvalue weighted by atomic mass is 9.48. The predicted octanol–water partition coefficient (Wildman–Crippen LogP) is 3.26. The Balaban J connectivity index is 1.55. The largest absolute Gasteiger partial charge is 0.385 e. The number of methoxy groups -OCH3 is 1. The van der Waals surface area contributed by atoms with Crippen LogP contribution in [0.15, 0.2) is 0 Å². The zero-order valence-corrected chi connectivity index (χ0v) is 14.0. The van der Waals surface area contributed by atoms with E-state index in [1.54, 1.807) is 7.11 Å². The Morgan fingerprint density at radius 3 is 2.60 bits per heavy atom. The summed E-state index contributed by atoms with van der Waals surface area (Å²) in [5.74, 6) is 1.97. The van der Waals surface area contributed by atoms with Gasteiger partial charge in [-0.2, -0.15) is 0 Å². The molecule has 0 saturated heterocycles. The van der Waals surface area contributed by atoms with Gasteiger partial charge in [-0.15, -0.1) is 0 Å². The molecule has 4 aliphatic rings. The Morgan fingerprint density at radius 2 is 2.00 bits per heavy atom. The Labute approximate surface area is 130 Å². The van der Waals surface area contributed by atoms with Crippen molar-refractivity contribution in [3.8, 4) is 0 Å². The molecule has 1 amide bonds. The number of rotatable bonds is 6. The SMILES string of the molecule is COCCCNC(=O)CC12CC3CC(CC(Br)(C3)C1)C2. The molecule has 4 bridgehead atoms. The van der Waals surface area contributed by atoms with Gasteiger partial charge in [0.25, 0.3) is 0 Å². The van der Waals surface area contributed by atoms with Crippen molar-refractivity contribution >= 4 is 21.8 Å². The summed E-state index contributed by atoms with van der Waals surface area (Å²) in [6, 6.07) is 0. The highest BCUT2D eigenvalue weighted by molar-refractivity contribution is 9.10. The smallest absolute Gasteiger partial charge is 0.220 e. The number of amides is 1. The number of halogens is 1. The second-order valence-electron chi connectivity index (χ2n) is 7.49. The molecule has 4 fully saturated rings. The van der Waals surface area contributed by atoms with Crippen LogP contribution in [-0.4, -0.2) is 30.5 Å². The minimum atomic E-state index is 0.249. The van der Waals surface area contributed by atoms with Crippen molar-refractivity contribution in [1.82, 2.24) is 5.32 Å². The number of alkyl halides is 1. The molecule has 20 heavy (non-hydrogen) atoms. The molecule has 0 aromatic carbocycles. The monoisotopic (exact) mass is 343 g/mol.